The lowest BCUT2D eigenvalue weighted by Crippen LogP contribution is -2.50. The van der Waals surface area contributed by atoms with Gasteiger partial charge in [0.05, 0.1) is 17.2 Å². The van der Waals surface area contributed by atoms with Crippen LogP contribution in [0.2, 0.25) is 0 Å². The number of carbonyl (C=O) groups excluding carboxylic acids is 3. The van der Waals surface area contributed by atoms with Crippen molar-refractivity contribution in [3.05, 3.63) is 35.4 Å². The molecular formula is C16H19N3O4. The van der Waals surface area contributed by atoms with E-state index < -0.39 is 29.6 Å². The first kappa shape index (κ1) is 18.2. The number of benzene rings is 1. The minimum absolute atomic E-state index is 0.155. The average molecular weight is 317 g/mol. The highest BCUT2D eigenvalue weighted by molar-refractivity contribution is 5.98. The second-order valence-electron chi connectivity index (χ2n) is 5.93. The fraction of sp³-hybridized carbons (Fsp3) is 0.375. The van der Waals surface area contributed by atoms with Gasteiger partial charge < -0.3 is 10.1 Å². The largest absolute Gasteiger partial charge is 0.449 e. The molecule has 0 aliphatic carbocycles. The van der Waals surface area contributed by atoms with Crippen LogP contribution >= 0.6 is 0 Å². The van der Waals surface area contributed by atoms with Crippen LogP contribution < -0.4 is 10.6 Å². The number of imide groups is 1. The molecule has 0 radical (unpaired) electrons. The van der Waals surface area contributed by atoms with E-state index in [9.17, 15) is 14.4 Å². The molecule has 0 heterocycles. The van der Waals surface area contributed by atoms with Gasteiger partial charge in [-0.05, 0) is 45.9 Å². The zero-order valence-electron chi connectivity index (χ0n) is 13.5. The molecule has 3 amide bonds. The van der Waals surface area contributed by atoms with E-state index in [0.29, 0.717) is 5.56 Å². The Labute approximate surface area is 134 Å². The van der Waals surface area contributed by atoms with Crippen molar-refractivity contribution in [1.82, 2.24) is 10.6 Å². The van der Waals surface area contributed by atoms with Gasteiger partial charge in [0.2, 0.25) is 0 Å². The molecule has 0 unspecified atom stereocenters. The summed E-state index contributed by atoms with van der Waals surface area (Å²) in [7, 11) is 0. The van der Waals surface area contributed by atoms with Crippen LogP contribution in [0.25, 0.3) is 0 Å². The number of nitriles is 1. The molecule has 0 aromatic heterocycles. The van der Waals surface area contributed by atoms with E-state index in [0.717, 1.165) is 0 Å². The van der Waals surface area contributed by atoms with Gasteiger partial charge in [0.1, 0.15) is 0 Å². The van der Waals surface area contributed by atoms with E-state index in [-0.39, 0.29) is 5.56 Å². The fourth-order valence-corrected chi connectivity index (χ4v) is 1.58. The third-order valence-electron chi connectivity index (χ3n) is 2.61. The molecule has 0 fully saturated rings. The number of hydrogen-bond acceptors (Lipinski definition) is 5. The molecule has 7 heteroatoms. The van der Waals surface area contributed by atoms with E-state index in [2.05, 4.69) is 10.6 Å². The van der Waals surface area contributed by atoms with Crippen LogP contribution in [-0.4, -0.2) is 29.6 Å². The van der Waals surface area contributed by atoms with Gasteiger partial charge in [0.25, 0.3) is 5.91 Å². The van der Waals surface area contributed by atoms with Gasteiger partial charge >= 0.3 is 12.0 Å². The maximum atomic E-state index is 11.9. The second kappa shape index (κ2) is 7.40. The number of rotatable bonds is 3. The van der Waals surface area contributed by atoms with Gasteiger partial charge in [0.15, 0.2) is 6.10 Å². The standard InChI is InChI=1S/C16H19N3O4/c1-10(13(20)18-15(22)19-16(2,3)4)23-14(21)12-7-5-6-11(8-12)9-17/h5-8,10H,1-4H3,(H2,18,19,20,22)/t10-/m0/s1. The van der Waals surface area contributed by atoms with Gasteiger partial charge in [-0.2, -0.15) is 5.26 Å². The summed E-state index contributed by atoms with van der Waals surface area (Å²) in [4.78, 5) is 35.4. The molecule has 0 saturated carbocycles. The third-order valence-corrected chi connectivity index (χ3v) is 2.61. The lowest BCUT2D eigenvalue weighted by molar-refractivity contribution is -0.127. The van der Waals surface area contributed by atoms with Gasteiger partial charge in [-0.25, -0.2) is 9.59 Å². The molecule has 1 rings (SSSR count). The Bertz CT molecular complexity index is 656. The maximum absolute atomic E-state index is 11.9. The van der Waals surface area contributed by atoms with E-state index in [1.807, 2.05) is 6.07 Å². The van der Waals surface area contributed by atoms with Crippen molar-refractivity contribution < 1.29 is 19.1 Å². The maximum Gasteiger partial charge on any atom is 0.338 e. The van der Waals surface area contributed by atoms with Crippen LogP contribution in [0.3, 0.4) is 0 Å². The second-order valence-corrected chi connectivity index (χ2v) is 5.93. The number of nitrogens with zero attached hydrogens (tertiary/aromatic N) is 1. The first-order valence-electron chi connectivity index (χ1n) is 6.96. The Kier molecular flexibility index (Phi) is 5.85. The van der Waals surface area contributed by atoms with Crippen molar-refractivity contribution in [3.63, 3.8) is 0 Å². The van der Waals surface area contributed by atoms with Crippen molar-refractivity contribution in [1.29, 1.82) is 5.26 Å². The Hall–Kier alpha value is -2.88. The lowest BCUT2D eigenvalue weighted by atomic mass is 10.1. The highest BCUT2D eigenvalue weighted by Gasteiger charge is 2.22. The van der Waals surface area contributed by atoms with E-state index >= 15 is 0 Å². The SMILES string of the molecule is C[C@H](OC(=O)c1cccc(C#N)c1)C(=O)NC(=O)NC(C)(C)C. The average Bonchev–Trinajstić information content (AvgIpc) is 2.45. The fourth-order valence-electron chi connectivity index (χ4n) is 1.58. The minimum Gasteiger partial charge on any atom is -0.449 e. The number of hydrogen-bond donors (Lipinski definition) is 2. The van der Waals surface area contributed by atoms with Crippen molar-refractivity contribution in [2.24, 2.45) is 0 Å². The monoisotopic (exact) mass is 317 g/mol. The van der Waals surface area contributed by atoms with Crippen LogP contribution in [0, 0.1) is 11.3 Å². The normalized spacial score (nSPS) is 11.8. The van der Waals surface area contributed by atoms with Crippen molar-refractivity contribution in [2.75, 3.05) is 0 Å². The Balaban J connectivity index is 2.62. The lowest BCUT2D eigenvalue weighted by Gasteiger charge is -2.21. The zero-order chi connectivity index (χ0) is 17.6. The topological polar surface area (TPSA) is 108 Å². The summed E-state index contributed by atoms with van der Waals surface area (Å²) in [5, 5.41) is 13.4. The molecule has 1 aromatic carbocycles. The van der Waals surface area contributed by atoms with Gasteiger partial charge in [0, 0.05) is 5.54 Å². The first-order chi connectivity index (χ1) is 10.6. The highest BCUT2D eigenvalue weighted by atomic mass is 16.5. The summed E-state index contributed by atoms with van der Waals surface area (Å²) in [5.74, 6) is -1.49. The molecule has 0 aliphatic rings. The molecule has 1 atom stereocenters. The number of urea groups is 1. The quantitative estimate of drug-likeness (QED) is 0.825. The Morgan fingerprint density at radius 1 is 1.26 bits per heavy atom. The predicted molar refractivity (Wildman–Crippen MR) is 82.5 cm³/mol. The van der Waals surface area contributed by atoms with Gasteiger partial charge in [-0.3, -0.25) is 10.1 Å². The van der Waals surface area contributed by atoms with Crippen LogP contribution in [0.1, 0.15) is 43.6 Å². The van der Waals surface area contributed by atoms with Crippen LogP contribution in [0.5, 0.6) is 0 Å². The number of ether oxygens (including phenoxy) is 1. The number of carbonyl (C=O) groups is 3. The van der Waals surface area contributed by atoms with E-state index in [1.165, 1.54) is 25.1 Å². The molecule has 7 nitrogen and oxygen atoms in total. The Morgan fingerprint density at radius 3 is 2.48 bits per heavy atom. The Morgan fingerprint density at radius 2 is 1.91 bits per heavy atom. The van der Waals surface area contributed by atoms with E-state index in [4.69, 9.17) is 10.00 Å². The van der Waals surface area contributed by atoms with Crippen LogP contribution in [0.15, 0.2) is 24.3 Å². The van der Waals surface area contributed by atoms with Crippen molar-refractivity contribution in [3.8, 4) is 6.07 Å². The third kappa shape index (κ3) is 6.18. The molecule has 0 aliphatic heterocycles. The van der Waals surface area contributed by atoms with Gasteiger partial charge in [-0.1, -0.05) is 6.07 Å². The summed E-state index contributed by atoms with van der Waals surface area (Å²) < 4.78 is 4.99. The molecule has 23 heavy (non-hydrogen) atoms. The number of nitrogens with one attached hydrogen (secondary N) is 2. The molecule has 2 N–H and O–H groups in total. The summed E-state index contributed by atoms with van der Waals surface area (Å²) in [5.41, 5.74) is -0.0360. The molecule has 0 saturated heterocycles. The van der Waals surface area contributed by atoms with E-state index in [1.54, 1.807) is 26.8 Å². The summed E-state index contributed by atoms with van der Waals surface area (Å²) in [6.07, 6.45) is -1.15. The summed E-state index contributed by atoms with van der Waals surface area (Å²) >= 11 is 0. The number of esters is 1. The van der Waals surface area contributed by atoms with Gasteiger partial charge in [-0.15, -0.1) is 0 Å². The summed E-state index contributed by atoms with van der Waals surface area (Å²) in [6.45, 7) is 6.65. The van der Waals surface area contributed by atoms with Crippen molar-refractivity contribution in [2.45, 2.75) is 39.3 Å². The zero-order valence-corrected chi connectivity index (χ0v) is 13.5. The smallest absolute Gasteiger partial charge is 0.338 e. The highest BCUT2D eigenvalue weighted by Crippen LogP contribution is 2.07. The molecular weight excluding hydrogens is 298 g/mol. The number of amides is 3. The molecule has 0 spiro atoms. The molecule has 122 valence electrons. The summed E-state index contributed by atoms with van der Waals surface area (Å²) in [6, 6.07) is 7.15. The van der Waals surface area contributed by atoms with Crippen LogP contribution in [0.4, 0.5) is 4.79 Å². The molecule has 0 bridgehead atoms. The van der Waals surface area contributed by atoms with Crippen molar-refractivity contribution >= 4 is 17.9 Å². The first-order valence-corrected chi connectivity index (χ1v) is 6.96. The van der Waals surface area contributed by atoms with Crippen LogP contribution in [-0.2, 0) is 9.53 Å². The predicted octanol–water partition coefficient (Wildman–Crippen LogP) is 1.73. The molecule has 1 aromatic rings. The minimum atomic E-state index is -1.15.